The van der Waals surface area contributed by atoms with E-state index >= 15 is 0 Å². The Bertz CT molecular complexity index is 595. The van der Waals surface area contributed by atoms with Crippen molar-refractivity contribution in [3.05, 3.63) is 29.8 Å². The van der Waals surface area contributed by atoms with E-state index in [0.29, 0.717) is 44.5 Å². The Labute approximate surface area is 182 Å². The third-order valence-corrected chi connectivity index (χ3v) is 4.57. The highest BCUT2D eigenvalue weighted by atomic mass is 35.5. The Morgan fingerprint density at radius 1 is 1.10 bits per heavy atom. The molecule has 0 aliphatic rings. The molecule has 0 bridgehead atoms. The number of methoxy groups -OCH3 is 1. The van der Waals surface area contributed by atoms with Gasteiger partial charge in [-0.05, 0) is 24.1 Å². The van der Waals surface area contributed by atoms with Gasteiger partial charge in [-0.25, -0.2) is 0 Å². The van der Waals surface area contributed by atoms with Crippen LogP contribution in [0, 0.1) is 0 Å². The minimum atomic E-state index is -0.792. The predicted molar refractivity (Wildman–Crippen MR) is 115 cm³/mol. The normalized spacial score (nSPS) is 11.9. The van der Waals surface area contributed by atoms with E-state index in [9.17, 15) is 14.7 Å². The number of amides is 1. The van der Waals surface area contributed by atoms with Crippen LogP contribution < -0.4 is 10.2 Å². The van der Waals surface area contributed by atoms with Gasteiger partial charge in [-0.2, -0.15) is 0 Å². The fourth-order valence-electron chi connectivity index (χ4n) is 2.68. The highest BCUT2D eigenvalue weighted by molar-refractivity contribution is 6.18. The van der Waals surface area contributed by atoms with Gasteiger partial charge in [-0.3, -0.25) is 9.59 Å². The Balaban J connectivity index is 2.65. The third-order valence-electron chi connectivity index (χ3n) is 4.24. The smallest absolute Gasteiger partial charge is 0.222 e. The number of alkyl halides is 2. The molecular weight excluding hydrogens is 419 g/mol. The number of ketones is 1. The zero-order chi connectivity index (χ0) is 21.5. The van der Waals surface area contributed by atoms with Crippen LogP contribution in [0.25, 0.3) is 0 Å². The van der Waals surface area contributed by atoms with Crippen molar-refractivity contribution in [3.63, 3.8) is 0 Å². The van der Waals surface area contributed by atoms with Gasteiger partial charge in [0.05, 0.1) is 25.9 Å². The highest BCUT2D eigenvalue weighted by Gasteiger charge is 2.20. The van der Waals surface area contributed by atoms with E-state index in [0.717, 1.165) is 11.3 Å². The quantitative estimate of drug-likeness (QED) is 0.295. The summed E-state index contributed by atoms with van der Waals surface area (Å²) in [6.45, 7) is 1.83. The molecule has 0 heterocycles. The minimum absolute atomic E-state index is 0.129. The van der Waals surface area contributed by atoms with Crippen molar-refractivity contribution in [2.45, 2.75) is 18.9 Å². The maximum absolute atomic E-state index is 12.1. The molecule has 0 aliphatic heterocycles. The number of anilines is 1. The summed E-state index contributed by atoms with van der Waals surface area (Å²) >= 11 is 11.7. The summed E-state index contributed by atoms with van der Waals surface area (Å²) in [4.78, 5) is 26.2. The number of halogens is 2. The van der Waals surface area contributed by atoms with Crippen LogP contribution in [0.3, 0.4) is 0 Å². The first-order valence-corrected chi connectivity index (χ1v) is 10.6. The van der Waals surface area contributed by atoms with E-state index < -0.39 is 18.4 Å². The van der Waals surface area contributed by atoms with Gasteiger partial charge in [-0.15, -0.1) is 23.2 Å². The summed E-state index contributed by atoms with van der Waals surface area (Å²) in [7, 11) is 1.57. The lowest BCUT2D eigenvalue weighted by molar-refractivity contribution is -0.129. The van der Waals surface area contributed by atoms with Gasteiger partial charge < -0.3 is 24.8 Å². The molecule has 164 valence electrons. The number of aliphatic hydroxyl groups excluding tert-OH is 1. The molecule has 0 saturated carbocycles. The SMILES string of the molecule is COCCOCCC(=O)NC(Cc1ccc(N(CCCl)CCCl)cc1)C(=O)CO. The number of aliphatic hydroxyl groups is 1. The summed E-state index contributed by atoms with van der Waals surface area (Å²) in [6, 6.07) is 6.85. The topological polar surface area (TPSA) is 88.1 Å². The molecule has 1 amide bonds. The molecule has 1 rings (SSSR count). The number of nitrogens with one attached hydrogen (secondary N) is 1. The van der Waals surface area contributed by atoms with E-state index in [-0.39, 0.29) is 18.9 Å². The number of carbonyl (C=O) groups is 2. The van der Waals surface area contributed by atoms with Gasteiger partial charge in [0.25, 0.3) is 0 Å². The first-order chi connectivity index (χ1) is 14.0. The van der Waals surface area contributed by atoms with Crippen LogP contribution in [0.5, 0.6) is 0 Å². The fourth-order valence-corrected chi connectivity index (χ4v) is 3.09. The highest BCUT2D eigenvalue weighted by Crippen LogP contribution is 2.17. The predicted octanol–water partition coefficient (Wildman–Crippen LogP) is 1.61. The monoisotopic (exact) mass is 448 g/mol. The Morgan fingerprint density at radius 3 is 2.31 bits per heavy atom. The third kappa shape index (κ3) is 10.3. The molecule has 1 atom stereocenters. The lowest BCUT2D eigenvalue weighted by Crippen LogP contribution is -2.44. The summed E-state index contributed by atoms with van der Waals surface area (Å²) in [5, 5.41) is 11.9. The molecule has 7 nitrogen and oxygen atoms in total. The second-order valence-corrected chi connectivity index (χ2v) is 7.09. The van der Waals surface area contributed by atoms with Crippen molar-refractivity contribution in [1.82, 2.24) is 5.32 Å². The van der Waals surface area contributed by atoms with Crippen molar-refractivity contribution >= 4 is 40.6 Å². The first-order valence-electron chi connectivity index (χ1n) is 9.51. The number of hydrogen-bond acceptors (Lipinski definition) is 6. The average molecular weight is 449 g/mol. The van der Waals surface area contributed by atoms with E-state index in [1.807, 2.05) is 24.3 Å². The number of Topliss-reactive ketones (excluding diaryl/α,β-unsaturated/α-hetero) is 1. The minimum Gasteiger partial charge on any atom is -0.389 e. The van der Waals surface area contributed by atoms with Gasteiger partial charge >= 0.3 is 0 Å². The first kappa shape index (κ1) is 25.7. The van der Waals surface area contributed by atoms with Crippen molar-refractivity contribution < 1.29 is 24.2 Å². The zero-order valence-corrected chi connectivity index (χ0v) is 18.3. The summed E-state index contributed by atoms with van der Waals surface area (Å²) < 4.78 is 10.1. The summed E-state index contributed by atoms with van der Waals surface area (Å²) in [6.07, 6.45) is 0.421. The molecule has 0 aliphatic carbocycles. The number of nitrogens with zero attached hydrogens (tertiary/aromatic N) is 1. The Morgan fingerprint density at radius 2 is 1.76 bits per heavy atom. The van der Waals surface area contributed by atoms with Crippen LogP contribution in [-0.2, 0) is 25.5 Å². The maximum atomic E-state index is 12.1. The zero-order valence-electron chi connectivity index (χ0n) is 16.7. The maximum Gasteiger partial charge on any atom is 0.222 e. The van der Waals surface area contributed by atoms with E-state index in [4.69, 9.17) is 32.7 Å². The average Bonchev–Trinajstić information content (AvgIpc) is 2.73. The standard InChI is InChI=1S/C20H30Cl2N2O5/c1-28-12-13-29-11-6-20(27)23-18(19(26)15-25)14-16-2-4-17(5-3-16)24(9-7-21)10-8-22/h2-5,18,25H,6-15H2,1H3,(H,23,27). The van der Waals surface area contributed by atoms with Crippen molar-refractivity contribution in [2.75, 3.05) is 63.3 Å². The largest absolute Gasteiger partial charge is 0.389 e. The van der Waals surface area contributed by atoms with Crippen molar-refractivity contribution in [1.29, 1.82) is 0 Å². The molecule has 0 radical (unpaired) electrons. The number of rotatable bonds is 16. The lowest BCUT2D eigenvalue weighted by atomic mass is 10.0. The Kier molecular flexibility index (Phi) is 13.7. The summed E-state index contributed by atoms with van der Waals surface area (Å²) in [5.41, 5.74) is 1.85. The molecule has 0 saturated heterocycles. The molecule has 1 aromatic rings. The van der Waals surface area contributed by atoms with Crippen molar-refractivity contribution in [3.8, 4) is 0 Å². The van der Waals surface area contributed by atoms with Crippen LogP contribution in [0.15, 0.2) is 24.3 Å². The van der Waals surface area contributed by atoms with E-state index in [1.54, 1.807) is 7.11 Å². The second kappa shape index (κ2) is 15.5. The molecule has 0 aromatic heterocycles. The molecule has 0 fully saturated rings. The van der Waals surface area contributed by atoms with E-state index in [2.05, 4.69) is 10.2 Å². The number of benzene rings is 1. The van der Waals surface area contributed by atoms with Gasteiger partial charge in [0, 0.05) is 44.1 Å². The molecule has 9 heteroatoms. The van der Waals surface area contributed by atoms with E-state index in [1.165, 1.54) is 0 Å². The molecule has 29 heavy (non-hydrogen) atoms. The van der Waals surface area contributed by atoms with Crippen LogP contribution >= 0.6 is 23.2 Å². The van der Waals surface area contributed by atoms with Crippen LogP contribution in [-0.4, -0.2) is 81.2 Å². The van der Waals surface area contributed by atoms with Gasteiger partial charge in [0.2, 0.25) is 5.91 Å². The van der Waals surface area contributed by atoms with Crippen LogP contribution in [0.2, 0.25) is 0 Å². The molecule has 1 unspecified atom stereocenters. The molecule has 1 aromatic carbocycles. The molecular formula is C20H30Cl2N2O5. The molecule has 0 spiro atoms. The second-order valence-electron chi connectivity index (χ2n) is 6.34. The van der Waals surface area contributed by atoms with Crippen LogP contribution in [0.1, 0.15) is 12.0 Å². The summed E-state index contributed by atoms with van der Waals surface area (Å²) in [5.74, 6) is 0.245. The number of hydrogen-bond donors (Lipinski definition) is 2. The van der Waals surface area contributed by atoms with Gasteiger partial charge in [0.1, 0.15) is 6.61 Å². The fraction of sp³-hybridized carbons (Fsp3) is 0.600. The number of ether oxygens (including phenoxy) is 2. The lowest BCUT2D eigenvalue weighted by Gasteiger charge is -2.23. The van der Waals surface area contributed by atoms with Gasteiger partial charge in [0.15, 0.2) is 5.78 Å². The Hall–Kier alpha value is -1.38. The molecule has 2 N–H and O–H groups in total. The van der Waals surface area contributed by atoms with Crippen molar-refractivity contribution in [2.24, 2.45) is 0 Å². The number of carbonyl (C=O) groups excluding carboxylic acids is 2. The van der Waals surface area contributed by atoms with Crippen LogP contribution in [0.4, 0.5) is 5.69 Å². The van der Waals surface area contributed by atoms with Gasteiger partial charge in [-0.1, -0.05) is 12.1 Å².